The number of nitrogens with one attached hydrogen (secondary N) is 1. The van der Waals surface area contributed by atoms with E-state index in [0.29, 0.717) is 18.2 Å². The zero-order valence-corrected chi connectivity index (χ0v) is 12.4. The molecule has 6 heteroatoms. The Hall–Kier alpha value is -1.11. The Balaban J connectivity index is 2.19. The Morgan fingerprint density at radius 3 is 2.45 bits per heavy atom. The summed E-state index contributed by atoms with van der Waals surface area (Å²) in [5, 5.41) is 8.54. The molecule has 0 saturated heterocycles. The molecule has 5 nitrogen and oxygen atoms in total. The van der Waals surface area contributed by atoms with Crippen LogP contribution in [-0.4, -0.2) is 21.0 Å². The maximum atomic E-state index is 11.6. The molecule has 1 aromatic rings. The first-order valence-corrected chi connectivity index (χ1v) is 8.65. The summed E-state index contributed by atoms with van der Waals surface area (Å²) in [7, 11) is -3.72. The van der Waals surface area contributed by atoms with Crippen LogP contribution in [0.4, 0.5) is 5.69 Å². The Morgan fingerprint density at radius 1 is 1.20 bits per heavy atom. The molecule has 1 fully saturated rings. The van der Waals surface area contributed by atoms with Gasteiger partial charge in [-0.25, -0.2) is 13.6 Å². The van der Waals surface area contributed by atoms with Crippen LogP contribution in [0.5, 0.6) is 0 Å². The average molecular weight is 297 g/mol. The van der Waals surface area contributed by atoms with Gasteiger partial charge >= 0.3 is 0 Å². The molecule has 0 aromatic heterocycles. The summed E-state index contributed by atoms with van der Waals surface area (Å²) in [6, 6.07) is 6.82. The smallest absolute Gasteiger partial charge is 0.240 e. The average Bonchev–Trinajstić information content (AvgIpc) is 2.45. The maximum Gasteiger partial charge on any atom is 0.240 e. The molecular weight excluding hydrogens is 274 g/mol. The van der Waals surface area contributed by atoms with Gasteiger partial charge in [0.05, 0.1) is 5.69 Å². The highest BCUT2D eigenvalue weighted by Gasteiger charge is 2.24. The summed E-state index contributed by atoms with van der Waals surface area (Å²) in [6.07, 6.45) is 6.01. The summed E-state index contributed by atoms with van der Waals surface area (Å²) >= 11 is 0. The molecule has 0 spiro atoms. The lowest BCUT2D eigenvalue weighted by Gasteiger charge is -2.31. The second kappa shape index (κ2) is 6.56. The second-order valence-electron chi connectivity index (χ2n) is 5.43. The zero-order valence-electron chi connectivity index (χ0n) is 11.6. The lowest BCUT2D eigenvalue weighted by Crippen LogP contribution is -2.37. The summed E-state index contributed by atoms with van der Waals surface area (Å²) in [4.78, 5) is 0.134. The van der Waals surface area contributed by atoms with Gasteiger partial charge in [-0.2, -0.15) is 0 Å². The van der Waals surface area contributed by atoms with Crippen LogP contribution in [0.25, 0.3) is 0 Å². The molecule has 1 atom stereocenters. The lowest BCUT2D eigenvalue weighted by atomic mass is 9.84. The molecule has 112 valence electrons. The number of para-hydroxylation sites is 1. The van der Waals surface area contributed by atoms with Crippen molar-refractivity contribution in [3.63, 3.8) is 0 Å². The third-order valence-electron chi connectivity index (χ3n) is 4.01. The molecule has 0 bridgehead atoms. The minimum absolute atomic E-state index is 0.0956. The van der Waals surface area contributed by atoms with Crippen molar-refractivity contribution in [2.75, 3.05) is 11.9 Å². The fourth-order valence-corrected chi connectivity index (χ4v) is 3.64. The van der Waals surface area contributed by atoms with Crippen LogP contribution in [-0.2, 0) is 10.0 Å². The van der Waals surface area contributed by atoms with E-state index in [1.54, 1.807) is 18.2 Å². The minimum Gasteiger partial charge on any atom is -0.380 e. The van der Waals surface area contributed by atoms with Gasteiger partial charge in [-0.3, -0.25) is 0 Å². The molecule has 1 saturated carbocycles. The number of hydrogen-bond acceptors (Lipinski definition) is 4. The van der Waals surface area contributed by atoms with Gasteiger partial charge in [0, 0.05) is 12.6 Å². The largest absolute Gasteiger partial charge is 0.380 e. The molecule has 0 amide bonds. The number of benzene rings is 1. The summed E-state index contributed by atoms with van der Waals surface area (Å²) in [6.45, 7) is 0.490. The summed E-state index contributed by atoms with van der Waals surface area (Å²) < 4.78 is 23.2. The third-order valence-corrected chi connectivity index (χ3v) is 4.98. The fourth-order valence-electron chi connectivity index (χ4n) is 2.94. The molecule has 1 aliphatic carbocycles. The van der Waals surface area contributed by atoms with Crippen LogP contribution < -0.4 is 16.2 Å². The maximum absolute atomic E-state index is 11.6. The number of sulfonamides is 1. The summed E-state index contributed by atoms with van der Waals surface area (Å²) in [5.74, 6) is 0.502. The van der Waals surface area contributed by atoms with Crippen molar-refractivity contribution in [1.82, 2.24) is 0 Å². The van der Waals surface area contributed by atoms with E-state index in [0.717, 1.165) is 12.8 Å². The van der Waals surface area contributed by atoms with E-state index in [1.807, 2.05) is 0 Å². The normalized spacial score (nSPS) is 18.7. The molecule has 1 unspecified atom stereocenters. The second-order valence-corrected chi connectivity index (χ2v) is 6.96. The standard InChI is InChI=1S/C14H23N3O2S/c15-10-13(11-6-2-1-3-7-11)17-12-8-4-5-9-14(12)20(16,18)19/h4-5,8-9,11,13,17H,1-3,6-7,10,15H2,(H2,16,18,19). The number of hydrogen-bond donors (Lipinski definition) is 3. The molecule has 1 aliphatic rings. The Bertz CT molecular complexity index is 539. The van der Waals surface area contributed by atoms with Crippen molar-refractivity contribution in [3.8, 4) is 0 Å². The number of rotatable bonds is 5. The zero-order chi connectivity index (χ0) is 14.6. The van der Waals surface area contributed by atoms with Gasteiger partial charge in [0.15, 0.2) is 0 Å². The molecule has 1 aromatic carbocycles. The van der Waals surface area contributed by atoms with Crippen LogP contribution in [0.3, 0.4) is 0 Å². The third kappa shape index (κ3) is 3.71. The van der Waals surface area contributed by atoms with Crippen molar-refractivity contribution in [2.45, 2.75) is 43.0 Å². The van der Waals surface area contributed by atoms with Gasteiger partial charge in [0.2, 0.25) is 10.0 Å². The van der Waals surface area contributed by atoms with Crippen molar-refractivity contribution < 1.29 is 8.42 Å². The van der Waals surface area contributed by atoms with E-state index in [1.165, 1.54) is 25.3 Å². The first kappa shape index (κ1) is 15.3. The summed E-state index contributed by atoms with van der Waals surface area (Å²) in [5.41, 5.74) is 6.42. The van der Waals surface area contributed by atoms with E-state index < -0.39 is 10.0 Å². The van der Waals surface area contributed by atoms with Gasteiger partial charge in [-0.05, 0) is 30.9 Å². The highest BCUT2D eigenvalue weighted by molar-refractivity contribution is 7.89. The first-order chi connectivity index (χ1) is 9.52. The van der Waals surface area contributed by atoms with Crippen LogP contribution >= 0.6 is 0 Å². The van der Waals surface area contributed by atoms with Gasteiger partial charge in [0.25, 0.3) is 0 Å². The van der Waals surface area contributed by atoms with Gasteiger partial charge < -0.3 is 11.1 Å². The fraction of sp³-hybridized carbons (Fsp3) is 0.571. The van der Waals surface area contributed by atoms with Crippen molar-refractivity contribution in [3.05, 3.63) is 24.3 Å². The van der Waals surface area contributed by atoms with Gasteiger partial charge in [0.1, 0.15) is 4.90 Å². The van der Waals surface area contributed by atoms with Crippen LogP contribution in [0, 0.1) is 5.92 Å². The molecule has 0 aliphatic heterocycles. The van der Waals surface area contributed by atoms with Crippen LogP contribution in [0.2, 0.25) is 0 Å². The Labute approximate surface area is 120 Å². The first-order valence-electron chi connectivity index (χ1n) is 7.11. The van der Waals surface area contributed by atoms with Crippen LogP contribution in [0.15, 0.2) is 29.2 Å². The Morgan fingerprint density at radius 2 is 1.85 bits per heavy atom. The minimum atomic E-state index is -3.72. The van der Waals surface area contributed by atoms with Gasteiger partial charge in [-0.15, -0.1) is 0 Å². The van der Waals surface area contributed by atoms with Crippen LogP contribution in [0.1, 0.15) is 32.1 Å². The van der Waals surface area contributed by atoms with Crippen molar-refractivity contribution in [1.29, 1.82) is 0 Å². The topological polar surface area (TPSA) is 98.2 Å². The van der Waals surface area contributed by atoms with Crippen molar-refractivity contribution >= 4 is 15.7 Å². The molecule has 5 N–H and O–H groups in total. The number of nitrogens with two attached hydrogens (primary N) is 2. The van der Waals surface area contributed by atoms with Crippen molar-refractivity contribution in [2.24, 2.45) is 16.8 Å². The highest BCUT2D eigenvalue weighted by Crippen LogP contribution is 2.29. The van der Waals surface area contributed by atoms with E-state index in [2.05, 4.69) is 5.32 Å². The lowest BCUT2D eigenvalue weighted by molar-refractivity contribution is 0.320. The van der Waals surface area contributed by atoms with Gasteiger partial charge in [-0.1, -0.05) is 31.4 Å². The Kier molecular flexibility index (Phi) is 5.01. The molecular formula is C14H23N3O2S. The van der Waals surface area contributed by atoms with E-state index in [9.17, 15) is 8.42 Å². The number of primary sulfonamides is 1. The van der Waals surface area contributed by atoms with E-state index in [-0.39, 0.29) is 10.9 Å². The van der Waals surface area contributed by atoms with E-state index in [4.69, 9.17) is 10.9 Å². The quantitative estimate of drug-likeness (QED) is 0.769. The van der Waals surface area contributed by atoms with E-state index >= 15 is 0 Å². The predicted molar refractivity (Wildman–Crippen MR) is 80.9 cm³/mol. The predicted octanol–water partition coefficient (Wildman–Crippen LogP) is 1.65. The molecule has 2 rings (SSSR count). The monoisotopic (exact) mass is 297 g/mol. The molecule has 0 radical (unpaired) electrons. The molecule has 0 heterocycles. The number of anilines is 1. The SMILES string of the molecule is NCC(Nc1ccccc1S(N)(=O)=O)C1CCCCC1. The highest BCUT2D eigenvalue weighted by atomic mass is 32.2. The molecule has 20 heavy (non-hydrogen) atoms.